The van der Waals surface area contributed by atoms with Crippen molar-refractivity contribution in [3.05, 3.63) is 41.6 Å². The second-order valence-electron chi connectivity index (χ2n) is 4.50. The Morgan fingerprint density at radius 3 is 2.83 bits per heavy atom. The summed E-state index contributed by atoms with van der Waals surface area (Å²) in [6, 6.07) is 6.16. The molecule has 0 saturated heterocycles. The lowest BCUT2D eigenvalue weighted by molar-refractivity contribution is -0.136. The number of aryl methyl sites for hydroxylation is 2. The number of carboxylic acids is 1. The van der Waals surface area contributed by atoms with Gasteiger partial charge in [0, 0.05) is 30.1 Å². The number of rotatable bonds is 4. The van der Waals surface area contributed by atoms with E-state index in [1.807, 2.05) is 26.1 Å². The van der Waals surface area contributed by atoms with Crippen molar-refractivity contribution in [1.82, 2.24) is 4.57 Å². The molecule has 0 fully saturated rings. The highest BCUT2D eigenvalue weighted by Crippen LogP contribution is 2.27. The summed E-state index contributed by atoms with van der Waals surface area (Å²) in [5.41, 5.74) is 4.45. The highest BCUT2D eigenvalue weighted by atomic mass is 16.4. The van der Waals surface area contributed by atoms with Gasteiger partial charge < -0.3 is 9.67 Å². The molecular formula is C15H17NO2. The second kappa shape index (κ2) is 4.69. The lowest BCUT2D eigenvalue weighted by Crippen LogP contribution is -1.99. The third-order valence-corrected chi connectivity index (χ3v) is 3.47. The van der Waals surface area contributed by atoms with E-state index in [-0.39, 0.29) is 6.42 Å². The van der Waals surface area contributed by atoms with Gasteiger partial charge in [0.25, 0.3) is 0 Å². The van der Waals surface area contributed by atoms with Crippen LogP contribution in [0.4, 0.5) is 0 Å². The third-order valence-electron chi connectivity index (χ3n) is 3.47. The van der Waals surface area contributed by atoms with Crippen LogP contribution in [0.15, 0.2) is 24.8 Å². The van der Waals surface area contributed by atoms with Gasteiger partial charge in [0.15, 0.2) is 0 Å². The largest absolute Gasteiger partial charge is 0.481 e. The van der Waals surface area contributed by atoms with Gasteiger partial charge in [0.05, 0.1) is 0 Å². The molecule has 1 heterocycles. The summed E-state index contributed by atoms with van der Waals surface area (Å²) in [6.07, 6.45) is 2.54. The van der Waals surface area contributed by atoms with E-state index in [1.54, 1.807) is 0 Å². The molecule has 0 unspecified atom stereocenters. The SMILES string of the molecule is C=Cc1ccc2c(c1)c(CCC(=O)O)c(C)n2C. The summed E-state index contributed by atoms with van der Waals surface area (Å²) in [6.45, 7) is 5.80. The van der Waals surface area contributed by atoms with Crippen LogP contribution in [0.25, 0.3) is 17.0 Å². The lowest BCUT2D eigenvalue weighted by Gasteiger charge is -2.00. The number of hydrogen-bond donors (Lipinski definition) is 1. The highest BCUT2D eigenvalue weighted by Gasteiger charge is 2.12. The molecule has 3 nitrogen and oxygen atoms in total. The molecule has 0 radical (unpaired) electrons. The van der Waals surface area contributed by atoms with Gasteiger partial charge in [0.2, 0.25) is 0 Å². The van der Waals surface area contributed by atoms with Crippen LogP contribution in [-0.2, 0) is 18.3 Å². The van der Waals surface area contributed by atoms with Crippen molar-refractivity contribution < 1.29 is 9.90 Å². The molecule has 1 N–H and O–H groups in total. The smallest absolute Gasteiger partial charge is 0.303 e. The predicted octanol–water partition coefficient (Wildman–Crippen LogP) is 3.15. The van der Waals surface area contributed by atoms with E-state index in [1.165, 1.54) is 0 Å². The molecule has 0 saturated carbocycles. The molecule has 18 heavy (non-hydrogen) atoms. The van der Waals surface area contributed by atoms with Crippen LogP contribution in [0.2, 0.25) is 0 Å². The molecule has 1 aromatic carbocycles. The van der Waals surface area contributed by atoms with Crippen LogP contribution < -0.4 is 0 Å². The van der Waals surface area contributed by atoms with Crippen molar-refractivity contribution in [2.24, 2.45) is 7.05 Å². The Morgan fingerprint density at radius 1 is 1.50 bits per heavy atom. The zero-order valence-electron chi connectivity index (χ0n) is 10.7. The minimum absolute atomic E-state index is 0.165. The zero-order valence-corrected chi connectivity index (χ0v) is 10.7. The Labute approximate surface area is 106 Å². The van der Waals surface area contributed by atoms with Gasteiger partial charge in [-0.1, -0.05) is 18.7 Å². The number of carboxylic acid groups (broad SMARTS) is 1. The monoisotopic (exact) mass is 243 g/mol. The van der Waals surface area contributed by atoms with E-state index in [0.29, 0.717) is 6.42 Å². The summed E-state index contributed by atoms with van der Waals surface area (Å²) < 4.78 is 2.11. The molecule has 0 aliphatic rings. The topological polar surface area (TPSA) is 42.2 Å². The summed E-state index contributed by atoms with van der Waals surface area (Å²) in [5.74, 6) is -0.758. The fraction of sp³-hybridized carbons (Fsp3) is 0.267. The number of aromatic nitrogens is 1. The van der Waals surface area contributed by atoms with Crippen LogP contribution in [-0.4, -0.2) is 15.6 Å². The highest BCUT2D eigenvalue weighted by molar-refractivity contribution is 5.88. The molecule has 0 aliphatic heterocycles. The standard InChI is InChI=1S/C15H17NO2/c1-4-11-5-7-14-13(9-11)12(6-8-15(17)18)10(2)16(14)3/h4-5,7,9H,1,6,8H2,2-3H3,(H,17,18). The van der Waals surface area contributed by atoms with Gasteiger partial charge in [-0.2, -0.15) is 0 Å². The molecule has 0 bridgehead atoms. The molecule has 94 valence electrons. The fourth-order valence-corrected chi connectivity index (χ4v) is 2.34. The molecule has 0 spiro atoms. The Hall–Kier alpha value is -2.03. The van der Waals surface area contributed by atoms with E-state index < -0.39 is 5.97 Å². The van der Waals surface area contributed by atoms with Crippen LogP contribution >= 0.6 is 0 Å². The van der Waals surface area contributed by atoms with E-state index in [4.69, 9.17) is 5.11 Å². The second-order valence-corrected chi connectivity index (χ2v) is 4.50. The van der Waals surface area contributed by atoms with Crippen LogP contribution in [0, 0.1) is 6.92 Å². The maximum atomic E-state index is 10.7. The normalized spacial score (nSPS) is 10.8. The van der Waals surface area contributed by atoms with Gasteiger partial charge in [0.1, 0.15) is 0 Å². The molecule has 0 amide bonds. The van der Waals surface area contributed by atoms with Crippen molar-refractivity contribution in [1.29, 1.82) is 0 Å². The minimum atomic E-state index is -0.758. The fourth-order valence-electron chi connectivity index (χ4n) is 2.34. The summed E-state index contributed by atoms with van der Waals surface area (Å²) in [7, 11) is 2.01. The third kappa shape index (κ3) is 2.04. The number of carbonyl (C=O) groups is 1. The minimum Gasteiger partial charge on any atom is -0.481 e. The van der Waals surface area contributed by atoms with Gasteiger partial charge in [-0.15, -0.1) is 0 Å². The van der Waals surface area contributed by atoms with Crippen molar-refractivity contribution in [2.75, 3.05) is 0 Å². The first-order valence-corrected chi connectivity index (χ1v) is 5.96. The van der Waals surface area contributed by atoms with Gasteiger partial charge in [-0.05, 0) is 36.6 Å². The number of aliphatic carboxylic acids is 1. The van der Waals surface area contributed by atoms with Crippen LogP contribution in [0.3, 0.4) is 0 Å². The first kappa shape index (κ1) is 12.4. The molecule has 2 rings (SSSR count). The average molecular weight is 243 g/mol. The summed E-state index contributed by atoms with van der Waals surface area (Å²) in [4.78, 5) is 10.7. The van der Waals surface area contributed by atoms with Gasteiger partial charge >= 0.3 is 5.97 Å². The zero-order chi connectivity index (χ0) is 13.3. The molecule has 0 aliphatic carbocycles. The van der Waals surface area contributed by atoms with E-state index in [9.17, 15) is 4.79 Å². The molecule has 2 aromatic rings. The van der Waals surface area contributed by atoms with Crippen molar-refractivity contribution in [2.45, 2.75) is 19.8 Å². The van der Waals surface area contributed by atoms with E-state index in [2.05, 4.69) is 23.3 Å². The Morgan fingerprint density at radius 2 is 2.22 bits per heavy atom. The number of fused-ring (bicyclic) bond motifs is 1. The van der Waals surface area contributed by atoms with E-state index in [0.717, 1.165) is 27.7 Å². The first-order valence-electron chi connectivity index (χ1n) is 5.96. The van der Waals surface area contributed by atoms with Crippen molar-refractivity contribution in [3.8, 4) is 0 Å². The predicted molar refractivity (Wildman–Crippen MR) is 73.7 cm³/mol. The van der Waals surface area contributed by atoms with E-state index >= 15 is 0 Å². The average Bonchev–Trinajstić information content (AvgIpc) is 2.59. The molecule has 1 aromatic heterocycles. The van der Waals surface area contributed by atoms with Gasteiger partial charge in [-0.3, -0.25) is 4.79 Å². The maximum absolute atomic E-state index is 10.7. The molecule has 0 atom stereocenters. The quantitative estimate of drug-likeness (QED) is 0.896. The van der Waals surface area contributed by atoms with Crippen LogP contribution in [0.5, 0.6) is 0 Å². The van der Waals surface area contributed by atoms with Crippen molar-refractivity contribution >= 4 is 22.9 Å². The first-order chi connectivity index (χ1) is 8.54. The van der Waals surface area contributed by atoms with Crippen LogP contribution in [0.1, 0.15) is 23.2 Å². The summed E-state index contributed by atoms with van der Waals surface area (Å²) >= 11 is 0. The maximum Gasteiger partial charge on any atom is 0.303 e. The van der Waals surface area contributed by atoms with Gasteiger partial charge in [-0.25, -0.2) is 0 Å². The number of nitrogens with zero attached hydrogens (tertiary/aromatic N) is 1. The Balaban J connectivity index is 2.58. The molecule has 3 heteroatoms. The Kier molecular flexibility index (Phi) is 3.24. The lowest BCUT2D eigenvalue weighted by atomic mass is 10.0. The molecular weight excluding hydrogens is 226 g/mol. The number of benzene rings is 1. The number of hydrogen-bond acceptors (Lipinski definition) is 1. The van der Waals surface area contributed by atoms with Crippen molar-refractivity contribution in [3.63, 3.8) is 0 Å². The Bertz CT molecular complexity index is 623. The summed E-state index contributed by atoms with van der Waals surface area (Å²) in [5, 5.41) is 9.96.